The Kier molecular flexibility index (Phi) is 3.83. The van der Waals surface area contributed by atoms with Crippen LogP contribution >= 0.6 is 0 Å². The van der Waals surface area contributed by atoms with Gasteiger partial charge in [0, 0.05) is 11.1 Å². The Hall–Kier alpha value is -1.31. The van der Waals surface area contributed by atoms with Crippen molar-refractivity contribution in [3.63, 3.8) is 0 Å². The van der Waals surface area contributed by atoms with E-state index in [0.717, 1.165) is 23.8 Å². The number of aryl methyl sites for hydroxylation is 2. The minimum Gasteiger partial charge on any atom is -0.253 e. The maximum Gasteiger partial charge on any atom is 0.114 e. The largest absolute Gasteiger partial charge is 0.253 e. The van der Waals surface area contributed by atoms with Gasteiger partial charge < -0.3 is 0 Å². The van der Waals surface area contributed by atoms with Crippen molar-refractivity contribution < 1.29 is 0 Å². The van der Waals surface area contributed by atoms with Gasteiger partial charge in [-0.15, -0.1) is 0 Å². The first kappa shape index (κ1) is 12.2. The molecule has 2 radical (unpaired) electrons. The summed E-state index contributed by atoms with van der Waals surface area (Å²) in [6.07, 6.45) is 4.43. The smallest absolute Gasteiger partial charge is 0.114 e. The van der Waals surface area contributed by atoms with E-state index in [1.165, 1.54) is 29.5 Å². The maximum absolute atomic E-state index is 6.01. The number of hydrogen-bond donors (Lipinski definition) is 0. The Bertz CT molecular complexity index is 520. The molecule has 0 N–H and O–H groups in total. The van der Waals surface area contributed by atoms with Crippen molar-refractivity contribution in [2.45, 2.75) is 39.5 Å². The van der Waals surface area contributed by atoms with Crippen molar-refractivity contribution in [2.24, 2.45) is 0 Å². The lowest BCUT2D eigenvalue weighted by molar-refractivity contribution is 0.780. The van der Waals surface area contributed by atoms with Gasteiger partial charge in [-0.1, -0.05) is 43.4 Å². The van der Waals surface area contributed by atoms with Crippen molar-refractivity contribution in [3.8, 4) is 0 Å². The monoisotopic (exact) mass is 223 g/mol. The van der Waals surface area contributed by atoms with Gasteiger partial charge in [0.25, 0.3) is 0 Å². The molecule has 0 spiro atoms. The molecule has 0 aliphatic carbocycles. The first-order chi connectivity index (χ1) is 8.24. The predicted molar refractivity (Wildman–Crippen MR) is 75.1 cm³/mol. The summed E-state index contributed by atoms with van der Waals surface area (Å²) in [7, 11) is 6.01. The lowest BCUT2D eigenvalue weighted by Gasteiger charge is -2.07. The van der Waals surface area contributed by atoms with Crippen molar-refractivity contribution in [3.05, 3.63) is 35.5 Å². The lowest BCUT2D eigenvalue weighted by Crippen LogP contribution is -2.09. The SMILES string of the molecule is [B]c1cc2nc(CCCC)ccc2cc1CC. The van der Waals surface area contributed by atoms with Crippen LogP contribution in [0.25, 0.3) is 10.9 Å². The quantitative estimate of drug-likeness (QED) is 0.726. The number of nitrogens with zero attached hydrogens (tertiary/aromatic N) is 1. The first-order valence-corrected chi connectivity index (χ1v) is 6.42. The molecule has 86 valence electrons. The molecule has 0 fully saturated rings. The average molecular weight is 223 g/mol. The van der Waals surface area contributed by atoms with Crippen LogP contribution in [-0.4, -0.2) is 12.8 Å². The second-order valence-corrected chi connectivity index (χ2v) is 4.50. The van der Waals surface area contributed by atoms with Crippen LogP contribution in [0.1, 0.15) is 37.9 Å². The summed E-state index contributed by atoms with van der Waals surface area (Å²) in [5.74, 6) is 0. The third kappa shape index (κ3) is 2.69. The van der Waals surface area contributed by atoms with Gasteiger partial charge in [0.15, 0.2) is 0 Å². The molecule has 0 saturated heterocycles. The molecule has 0 amide bonds. The van der Waals surface area contributed by atoms with Crippen LogP contribution < -0.4 is 5.46 Å². The summed E-state index contributed by atoms with van der Waals surface area (Å²) >= 11 is 0. The number of fused-ring (bicyclic) bond motifs is 1. The van der Waals surface area contributed by atoms with Crippen molar-refractivity contribution in [2.75, 3.05) is 0 Å². The molecular formula is C15H18BN. The Labute approximate surface area is 105 Å². The fraction of sp³-hybridized carbons (Fsp3) is 0.400. The molecule has 1 nitrogen and oxygen atoms in total. The molecule has 17 heavy (non-hydrogen) atoms. The van der Waals surface area contributed by atoms with Crippen LogP contribution in [0.2, 0.25) is 0 Å². The van der Waals surface area contributed by atoms with E-state index in [1.807, 2.05) is 6.07 Å². The van der Waals surface area contributed by atoms with Gasteiger partial charge in [-0.05, 0) is 31.4 Å². The Morgan fingerprint density at radius 2 is 2.00 bits per heavy atom. The summed E-state index contributed by atoms with van der Waals surface area (Å²) in [5, 5.41) is 1.19. The highest BCUT2D eigenvalue weighted by Crippen LogP contribution is 2.14. The molecule has 0 aliphatic rings. The molecule has 0 bridgehead atoms. The molecule has 2 rings (SSSR count). The highest BCUT2D eigenvalue weighted by molar-refractivity contribution is 6.34. The maximum atomic E-state index is 6.01. The predicted octanol–water partition coefficient (Wildman–Crippen LogP) is 2.93. The molecule has 1 heterocycles. The number of rotatable bonds is 4. The zero-order valence-corrected chi connectivity index (χ0v) is 10.7. The molecule has 0 saturated carbocycles. The average Bonchev–Trinajstić information content (AvgIpc) is 2.35. The molecule has 1 aromatic heterocycles. The van der Waals surface area contributed by atoms with Gasteiger partial charge in [0.1, 0.15) is 7.85 Å². The molecule has 0 atom stereocenters. The molecular weight excluding hydrogens is 205 g/mol. The van der Waals surface area contributed by atoms with Crippen LogP contribution in [0.4, 0.5) is 0 Å². The van der Waals surface area contributed by atoms with Gasteiger partial charge in [-0.25, -0.2) is 0 Å². The highest BCUT2D eigenvalue weighted by Gasteiger charge is 2.02. The van der Waals surface area contributed by atoms with Crippen LogP contribution in [0.3, 0.4) is 0 Å². The van der Waals surface area contributed by atoms with E-state index < -0.39 is 0 Å². The third-order valence-corrected chi connectivity index (χ3v) is 3.18. The molecule has 1 aromatic carbocycles. The van der Waals surface area contributed by atoms with Gasteiger partial charge in [-0.2, -0.15) is 0 Å². The van der Waals surface area contributed by atoms with E-state index in [4.69, 9.17) is 7.85 Å². The van der Waals surface area contributed by atoms with E-state index in [0.29, 0.717) is 0 Å². The topological polar surface area (TPSA) is 12.9 Å². The summed E-state index contributed by atoms with van der Waals surface area (Å²) in [6.45, 7) is 4.33. The fourth-order valence-corrected chi connectivity index (χ4v) is 2.08. The number of aromatic nitrogens is 1. The molecule has 2 heteroatoms. The minimum absolute atomic E-state index is 0.861. The minimum atomic E-state index is 0.861. The van der Waals surface area contributed by atoms with Crippen LogP contribution in [0.5, 0.6) is 0 Å². The lowest BCUT2D eigenvalue weighted by atomic mass is 9.88. The molecule has 2 aromatic rings. The van der Waals surface area contributed by atoms with Gasteiger partial charge >= 0.3 is 0 Å². The second-order valence-electron chi connectivity index (χ2n) is 4.50. The number of pyridine rings is 1. The van der Waals surface area contributed by atoms with E-state index in [9.17, 15) is 0 Å². The Morgan fingerprint density at radius 1 is 1.18 bits per heavy atom. The summed E-state index contributed by atoms with van der Waals surface area (Å²) in [4.78, 5) is 4.67. The van der Waals surface area contributed by atoms with Gasteiger partial charge in [0.05, 0.1) is 5.52 Å². The summed E-state index contributed by atoms with van der Waals surface area (Å²) < 4.78 is 0. The van der Waals surface area contributed by atoms with Crippen molar-refractivity contribution >= 4 is 24.2 Å². The van der Waals surface area contributed by atoms with Crippen molar-refractivity contribution in [1.82, 2.24) is 4.98 Å². The third-order valence-electron chi connectivity index (χ3n) is 3.18. The van der Waals surface area contributed by atoms with Gasteiger partial charge in [0.2, 0.25) is 0 Å². The first-order valence-electron chi connectivity index (χ1n) is 6.42. The molecule has 0 aliphatic heterocycles. The summed E-state index contributed by atoms with van der Waals surface area (Å²) in [6, 6.07) is 8.45. The van der Waals surface area contributed by atoms with Crippen LogP contribution in [0.15, 0.2) is 24.3 Å². The van der Waals surface area contributed by atoms with Gasteiger partial charge in [-0.3, -0.25) is 4.98 Å². The number of benzene rings is 1. The van der Waals surface area contributed by atoms with Crippen LogP contribution in [-0.2, 0) is 12.8 Å². The van der Waals surface area contributed by atoms with E-state index in [1.54, 1.807) is 0 Å². The summed E-state index contributed by atoms with van der Waals surface area (Å²) in [5.41, 5.74) is 4.26. The zero-order valence-electron chi connectivity index (χ0n) is 10.7. The Balaban J connectivity index is 2.40. The second kappa shape index (κ2) is 5.35. The Morgan fingerprint density at radius 3 is 2.71 bits per heavy atom. The van der Waals surface area contributed by atoms with E-state index in [-0.39, 0.29) is 0 Å². The fourth-order valence-electron chi connectivity index (χ4n) is 2.08. The highest BCUT2D eigenvalue weighted by atomic mass is 14.7. The van der Waals surface area contributed by atoms with Crippen molar-refractivity contribution in [1.29, 1.82) is 0 Å². The zero-order chi connectivity index (χ0) is 12.3. The standard InChI is InChI=1S/C15H18BN/c1-3-5-6-13-8-7-12-9-11(4-2)14(16)10-15(12)17-13/h7-10H,3-6H2,1-2H3. The molecule has 0 unspecified atom stereocenters. The van der Waals surface area contributed by atoms with Crippen LogP contribution in [0, 0.1) is 0 Å². The normalized spacial score (nSPS) is 10.9. The number of hydrogen-bond acceptors (Lipinski definition) is 1. The van der Waals surface area contributed by atoms with E-state index in [2.05, 4.69) is 37.0 Å². The van der Waals surface area contributed by atoms with E-state index >= 15 is 0 Å². The number of unbranched alkanes of at least 4 members (excludes halogenated alkanes) is 1.